The molecule has 0 aliphatic heterocycles. The summed E-state index contributed by atoms with van der Waals surface area (Å²) < 4.78 is 32.1. The van der Waals surface area contributed by atoms with Crippen molar-refractivity contribution in [2.45, 2.75) is 45.8 Å². The second kappa shape index (κ2) is 12.2. The number of carbonyl (C=O) groups is 2. The second-order valence-corrected chi connectivity index (χ2v) is 10.9. The molecule has 0 bridgehead atoms. The van der Waals surface area contributed by atoms with Crippen molar-refractivity contribution in [3.63, 3.8) is 0 Å². The first kappa shape index (κ1) is 27.7. The minimum absolute atomic E-state index is 0.0526. The van der Waals surface area contributed by atoms with Crippen molar-refractivity contribution >= 4 is 43.5 Å². The highest BCUT2D eigenvalue weighted by molar-refractivity contribution is 9.10. The van der Waals surface area contributed by atoms with E-state index in [0.29, 0.717) is 11.4 Å². The molecule has 0 heterocycles. The Balaban J connectivity index is 2.36. The van der Waals surface area contributed by atoms with E-state index in [-0.39, 0.29) is 18.5 Å². The summed E-state index contributed by atoms with van der Waals surface area (Å²) in [5.41, 5.74) is 1.15. The number of halogens is 1. The van der Waals surface area contributed by atoms with Crippen LogP contribution in [0.1, 0.15) is 32.8 Å². The number of rotatable bonds is 11. The topological polar surface area (TPSA) is 96.0 Å². The monoisotopic (exact) mass is 553 g/mol. The first-order valence-electron chi connectivity index (χ1n) is 10.9. The molecule has 186 valence electrons. The molecule has 0 radical (unpaired) electrons. The van der Waals surface area contributed by atoms with Gasteiger partial charge >= 0.3 is 0 Å². The van der Waals surface area contributed by atoms with Gasteiger partial charge in [0, 0.05) is 17.1 Å². The maximum atomic E-state index is 13.5. The molecule has 1 N–H and O–H groups in total. The molecule has 34 heavy (non-hydrogen) atoms. The summed E-state index contributed by atoms with van der Waals surface area (Å²) in [6, 6.07) is 12.9. The summed E-state index contributed by atoms with van der Waals surface area (Å²) >= 11 is 3.33. The minimum atomic E-state index is -3.76. The summed E-state index contributed by atoms with van der Waals surface area (Å²) in [6.45, 7) is 5.19. The van der Waals surface area contributed by atoms with E-state index in [9.17, 15) is 18.0 Å². The lowest BCUT2D eigenvalue weighted by Gasteiger charge is -2.32. The van der Waals surface area contributed by atoms with Gasteiger partial charge in [0.05, 0.1) is 19.1 Å². The lowest BCUT2D eigenvalue weighted by Crippen LogP contribution is -2.52. The van der Waals surface area contributed by atoms with Gasteiger partial charge in [-0.05, 0) is 62.2 Å². The van der Waals surface area contributed by atoms with Gasteiger partial charge in [0.1, 0.15) is 18.3 Å². The molecule has 8 nitrogen and oxygen atoms in total. The van der Waals surface area contributed by atoms with Crippen LogP contribution < -0.4 is 14.4 Å². The molecule has 10 heteroatoms. The van der Waals surface area contributed by atoms with Crippen molar-refractivity contribution in [3.8, 4) is 5.75 Å². The average Bonchev–Trinajstić information content (AvgIpc) is 2.80. The van der Waals surface area contributed by atoms with E-state index in [4.69, 9.17) is 4.74 Å². The van der Waals surface area contributed by atoms with E-state index >= 15 is 0 Å². The second-order valence-electron chi connectivity index (χ2n) is 8.11. The van der Waals surface area contributed by atoms with E-state index in [1.165, 1.54) is 4.90 Å². The Bertz CT molecular complexity index is 1070. The quantitative estimate of drug-likeness (QED) is 0.459. The zero-order valence-corrected chi connectivity index (χ0v) is 22.5. The Labute approximate surface area is 210 Å². The Hall–Kier alpha value is -2.59. The first-order chi connectivity index (χ1) is 16.0. The Morgan fingerprint density at radius 3 is 2.15 bits per heavy atom. The number of ether oxygens (including phenoxy) is 1. The summed E-state index contributed by atoms with van der Waals surface area (Å²) in [5.74, 6) is -0.121. The molecule has 0 aliphatic carbocycles. The van der Waals surface area contributed by atoms with Crippen LogP contribution in [0, 0.1) is 0 Å². The molecular weight excluding hydrogens is 522 g/mol. The molecule has 2 atom stereocenters. The van der Waals surface area contributed by atoms with Crippen molar-refractivity contribution in [2.75, 3.05) is 24.2 Å². The fourth-order valence-electron chi connectivity index (χ4n) is 3.20. The Morgan fingerprint density at radius 2 is 1.65 bits per heavy atom. The maximum absolute atomic E-state index is 13.5. The van der Waals surface area contributed by atoms with Gasteiger partial charge in [-0.3, -0.25) is 13.9 Å². The molecule has 2 aromatic carbocycles. The van der Waals surface area contributed by atoms with Crippen LogP contribution in [0.4, 0.5) is 5.69 Å². The van der Waals surface area contributed by atoms with Crippen LogP contribution in [0.2, 0.25) is 0 Å². The third-order valence-electron chi connectivity index (χ3n) is 5.47. The molecule has 2 rings (SSSR count). The van der Waals surface area contributed by atoms with E-state index in [1.54, 1.807) is 50.4 Å². The highest BCUT2D eigenvalue weighted by Gasteiger charge is 2.30. The molecule has 0 saturated heterocycles. The molecule has 0 aliphatic rings. The molecular formula is C24H32BrN3O5S. The van der Waals surface area contributed by atoms with Crippen LogP contribution in [-0.2, 0) is 26.2 Å². The van der Waals surface area contributed by atoms with E-state index < -0.39 is 28.5 Å². The van der Waals surface area contributed by atoms with Crippen LogP contribution >= 0.6 is 15.9 Å². The van der Waals surface area contributed by atoms with Crippen LogP contribution in [0.15, 0.2) is 53.0 Å². The van der Waals surface area contributed by atoms with Crippen molar-refractivity contribution in [1.29, 1.82) is 0 Å². The molecule has 2 aromatic rings. The van der Waals surface area contributed by atoms with Gasteiger partial charge in [0.25, 0.3) is 0 Å². The largest absolute Gasteiger partial charge is 0.497 e. The van der Waals surface area contributed by atoms with Gasteiger partial charge in [-0.1, -0.05) is 35.0 Å². The van der Waals surface area contributed by atoms with E-state index in [2.05, 4.69) is 21.2 Å². The molecule has 0 saturated carbocycles. The predicted molar refractivity (Wildman–Crippen MR) is 137 cm³/mol. The number of benzene rings is 2. The maximum Gasteiger partial charge on any atom is 0.244 e. The van der Waals surface area contributed by atoms with Crippen LogP contribution in [-0.4, -0.2) is 57.1 Å². The fraction of sp³-hybridized carbons (Fsp3) is 0.417. The van der Waals surface area contributed by atoms with Gasteiger partial charge in [-0.25, -0.2) is 8.42 Å². The van der Waals surface area contributed by atoms with Gasteiger partial charge in [-0.15, -0.1) is 0 Å². The third kappa shape index (κ3) is 7.73. The van der Waals surface area contributed by atoms with Gasteiger partial charge in [0.15, 0.2) is 0 Å². The molecule has 0 fully saturated rings. The molecule has 0 unspecified atom stereocenters. The van der Waals surface area contributed by atoms with Gasteiger partial charge in [0.2, 0.25) is 21.8 Å². The highest BCUT2D eigenvalue weighted by Crippen LogP contribution is 2.22. The molecule has 0 aromatic heterocycles. The Kier molecular flexibility index (Phi) is 9.93. The molecule has 0 spiro atoms. The van der Waals surface area contributed by atoms with Crippen LogP contribution in [0.25, 0.3) is 0 Å². The number of nitrogens with one attached hydrogen (secondary N) is 1. The number of anilines is 1. The summed E-state index contributed by atoms with van der Waals surface area (Å²) in [7, 11) is -2.19. The zero-order chi connectivity index (χ0) is 25.5. The summed E-state index contributed by atoms with van der Waals surface area (Å²) in [4.78, 5) is 27.8. The SMILES string of the molecule is CC[C@H](C)NC(=O)[C@@H](C)N(Cc1ccc(OC)cc1)C(=O)CN(c1ccc(Br)cc1)S(C)(=O)=O. The lowest BCUT2D eigenvalue weighted by atomic mass is 10.1. The highest BCUT2D eigenvalue weighted by atomic mass is 79.9. The van der Waals surface area contributed by atoms with Crippen molar-refractivity contribution < 1.29 is 22.7 Å². The standard InChI is InChI=1S/C24H32BrN3O5S/c1-6-17(2)26-24(30)18(3)27(15-19-7-13-22(33-4)14-8-19)23(29)16-28(34(5,31)32)21-11-9-20(25)10-12-21/h7-14,17-18H,6,15-16H2,1-5H3,(H,26,30)/t17-,18+/m0/s1. The zero-order valence-electron chi connectivity index (χ0n) is 20.1. The van der Waals surface area contributed by atoms with Gasteiger partial charge in [-0.2, -0.15) is 0 Å². The average molecular weight is 555 g/mol. The van der Waals surface area contributed by atoms with E-state index in [1.807, 2.05) is 26.0 Å². The number of carbonyl (C=O) groups excluding carboxylic acids is 2. The number of hydrogen-bond acceptors (Lipinski definition) is 5. The van der Waals surface area contributed by atoms with Crippen molar-refractivity contribution in [3.05, 3.63) is 58.6 Å². The third-order valence-corrected chi connectivity index (χ3v) is 7.14. The number of nitrogens with zero attached hydrogens (tertiary/aromatic N) is 2. The minimum Gasteiger partial charge on any atom is -0.497 e. The number of hydrogen-bond donors (Lipinski definition) is 1. The lowest BCUT2D eigenvalue weighted by molar-refractivity contribution is -0.139. The van der Waals surface area contributed by atoms with Crippen LogP contribution in [0.3, 0.4) is 0 Å². The summed E-state index contributed by atoms with van der Waals surface area (Å²) in [6.07, 6.45) is 1.80. The predicted octanol–water partition coefficient (Wildman–Crippen LogP) is 3.56. The number of amides is 2. The van der Waals surface area contributed by atoms with Gasteiger partial charge < -0.3 is 15.0 Å². The normalized spacial score (nSPS) is 13.0. The van der Waals surface area contributed by atoms with E-state index in [0.717, 1.165) is 27.0 Å². The first-order valence-corrected chi connectivity index (χ1v) is 13.6. The smallest absolute Gasteiger partial charge is 0.244 e. The number of sulfonamides is 1. The fourth-order valence-corrected chi connectivity index (χ4v) is 4.31. The van der Waals surface area contributed by atoms with Crippen molar-refractivity contribution in [1.82, 2.24) is 10.2 Å². The number of methoxy groups -OCH3 is 1. The van der Waals surface area contributed by atoms with Crippen molar-refractivity contribution in [2.24, 2.45) is 0 Å². The Morgan fingerprint density at radius 1 is 1.06 bits per heavy atom. The van der Waals surface area contributed by atoms with Crippen LogP contribution in [0.5, 0.6) is 5.75 Å². The summed E-state index contributed by atoms with van der Waals surface area (Å²) in [5, 5.41) is 2.90. The molecule has 2 amide bonds.